The first kappa shape index (κ1) is 19.0. The molecule has 1 aliphatic heterocycles. The quantitative estimate of drug-likeness (QED) is 0.697. The van der Waals surface area contributed by atoms with Gasteiger partial charge < -0.3 is 19.5 Å². The Labute approximate surface area is 170 Å². The monoisotopic (exact) mass is 418 g/mol. The van der Waals surface area contributed by atoms with Crippen LogP contribution in [0.15, 0.2) is 30.6 Å². The summed E-state index contributed by atoms with van der Waals surface area (Å²) in [6, 6.07) is 4.73. The minimum atomic E-state index is -4.45. The lowest BCUT2D eigenvalue weighted by molar-refractivity contribution is -0.141. The molecule has 7 nitrogen and oxygen atoms in total. The van der Waals surface area contributed by atoms with Crippen LogP contribution < -0.4 is 15.0 Å². The fraction of sp³-hybridized carbons (Fsp3) is 0.450. The average Bonchev–Trinajstić information content (AvgIpc) is 3.07. The van der Waals surface area contributed by atoms with Gasteiger partial charge in [0.25, 0.3) is 0 Å². The van der Waals surface area contributed by atoms with Crippen LogP contribution in [-0.2, 0) is 12.7 Å². The lowest BCUT2D eigenvalue weighted by Gasteiger charge is -2.36. The van der Waals surface area contributed by atoms with E-state index in [4.69, 9.17) is 9.72 Å². The van der Waals surface area contributed by atoms with Gasteiger partial charge >= 0.3 is 6.18 Å². The number of ether oxygens (including phenoxy) is 1. The summed E-state index contributed by atoms with van der Waals surface area (Å²) >= 11 is 0. The molecule has 1 atom stereocenters. The molecule has 0 amide bonds. The van der Waals surface area contributed by atoms with E-state index in [1.165, 1.54) is 6.07 Å². The molecule has 3 aromatic heterocycles. The number of likely N-dealkylation sites (N-methyl/N-ethyl adjacent to an activating group) is 1. The summed E-state index contributed by atoms with van der Waals surface area (Å²) in [7, 11) is 2.04. The van der Waals surface area contributed by atoms with E-state index in [0.29, 0.717) is 30.6 Å². The van der Waals surface area contributed by atoms with E-state index in [2.05, 4.69) is 31.7 Å². The van der Waals surface area contributed by atoms with Gasteiger partial charge in [-0.05, 0) is 25.1 Å². The summed E-state index contributed by atoms with van der Waals surface area (Å²) in [4.78, 5) is 14.9. The van der Waals surface area contributed by atoms with E-state index in [0.717, 1.165) is 35.7 Å². The molecule has 0 saturated heterocycles. The smallest absolute Gasteiger partial charge is 0.433 e. The van der Waals surface area contributed by atoms with Crippen LogP contribution in [0.4, 0.5) is 24.9 Å². The van der Waals surface area contributed by atoms with Crippen molar-refractivity contribution in [2.75, 3.05) is 17.3 Å². The molecule has 0 spiro atoms. The molecule has 158 valence electrons. The molecule has 5 rings (SSSR count). The Kier molecular flexibility index (Phi) is 4.26. The largest absolute Gasteiger partial charge is 0.489 e. The number of nitrogens with zero attached hydrogens (tertiary/aromatic N) is 5. The number of nitrogens with one attached hydrogen (secondary N) is 1. The van der Waals surface area contributed by atoms with Gasteiger partial charge in [0.2, 0.25) is 5.95 Å². The van der Waals surface area contributed by atoms with Crippen LogP contribution in [-0.4, -0.2) is 44.8 Å². The molecule has 1 N–H and O–H groups in total. The Hall–Kier alpha value is -3.04. The van der Waals surface area contributed by atoms with Crippen molar-refractivity contribution in [1.82, 2.24) is 19.5 Å². The van der Waals surface area contributed by atoms with Crippen molar-refractivity contribution >= 4 is 22.8 Å². The van der Waals surface area contributed by atoms with E-state index < -0.39 is 11.9 Å². The number of hydrogen-bond donors (Lipinski definition) is 1. The summed E-state index contributed by atoms with van der Waals surface area (Å²) in [6.07, 6.45) is 0.0637. The molecular weight excluding hydrogens is 397 g/mol. The van der Waals surface area contributed by atoms with Crippen molar-refractivity contribution in [1.29, 1.82) is 0 Å². The predicted octanol–water partition coefficient (Wildman–Crippen LogP) is 3.71. The minimum absolute atomic E-state index is 0.0769. The number of rotatable bonds is 4. The fourth-order valence-corrected chi connectivity index (χ4v) is 3.94. The zero-order valence-electron chi connectivity index (χ0n) is 16.5. The van der Waals surface area contributed by atoms with Gasteiger partial charge in [0, 0.05) is 44.7 Å². The first-order valence-corrected chi connectivity index (χ1v) is 9.84. The second kappa shape index (κ2) is 6.75. The molecule has 0 radical (unpaired) electrons. The summed E-state index contributed by atoms with van der Waals surface area (Å²) in [5.74, 6) is 1.83. The van der Waals surface area contributed by atoms with Gasteiger partial charge in [0.1, 0.15) is 23.1 Å². The summed E-state index contributed by atoms with van der Waals surface area (Å²) in [6.45, 7) is 3.07. The van der Waals surface area contributed by atoms with Crippen LogP contribution in [0, 0.1) is 0 Å². The third-order valence-corrected chi connectivity index (χ3v) is 5.81. The highest BCUT2D eigenvalue weighted by Gasteiger charge is 2.34. The number of aromatic nitrogens is 4. The third-order valence-electron chi connectivity index (χ3n) is 5.81. The van der Waals surface area contributed by atoms with E-state index in [1.54, 1.807) is 0 Å². The Bertz CT molecular complexity index is 1070. The maximum absolute atomic E-state index is 12.6. The van der Waals surface area contributed by atoms with Gasteiger partial charge in [-0.1, -0.05) is 0 Å². The van der Waals surface area contributed by atoms with E-state index in [9.17, 15) is 13.2 Å². The second-order valence-corrected chi connectivity index (χ2v) is 7.96. The Balaban J connectivity index is 1.22. The topological polar surface area (TPSA) is 68.1 Å². The molecule has 0 bridgehead atoms. The van der Waals surface area contributed by atoms with Crippen molar-refractivity contribution in [2.24, 2.45) is 0 Å². The van der Waals surface area contributed by atoms with Crippen molar-refractivity contribution in [3.63, 3.8) is 0 Å². The van der Waals surface area contributed by atoms with Gasteiger partial charge in [-0.2, -0.15) is 18.2 Å². The summed E-state index contributed by atoms with van der Waals surface area (Å²) in [5, 5.41) is 3.36. The van der Waals surface area contributed by atoms with Gasteiger partial charge in [-0.15, -0.1) is 0 Å². The molecule has 0 unspecified atom stereocenters. The molecule has 1 saturated carbocycles. The van der Waals surface area contributed by atoms with Crippen LogP contribution in [0.5, 0.6) is 5.75 Å². The number of hydrogen-bond acceptors (Lipinski definition) is 6. The van der Waals surface area contributed by atoms with Crippen LogP contribution in [0.25, 0.3) is 11.0 Å². The maximum atomic E-state index is 12.6. The number of anilines is 2. The molecule has 1 aliphatic carbocycles. The second-order valence-electron chi connectivity index (χ2n) is 7.96. The van der Waals surface area contributed by atoms with Gasteiger partial charge in [-0.3, -0.25) is 0 Å². The zero-order chi connectivity index (χ0) is 21.0. The Morgan fingerprint density at radius 1 is 1.17 bits per heavy atom. The summed E-state index contributed by atoms with van der Waals surface area (Å²) < 4.78 is 45.7. The van der Waals surface area contributed by atoms with Crippen LogP contribution >= 0.6 is 0 Å². The molecule has 3 aromatic rings. The standard InChI is InChI=1S/C20H21F3N6O/c1-11-10-29-6-5-15-17(29)18(28(11)2)27-19(26-15)25-12-7-14(8-12)30-13-3-4-16(24-9-13)20(21,22)23/h3-6,9,11-12,14H,7-8,10H2,1-2H3,(H,25,26,27)/t11-,12-,14-/m0/s1. The molecule has 10 heteroatoms. The number of pyridine rings is 1. The zero-order valence-corrected chi connectivity index (χ0v) is 16.5. The first-order valence-electron chi connectivity index (χ1n) is 9.84. The van der Waals surface area contributed by atoms with Crippen molar-refractivity contribution < 1.29 is 17.9 Å². The van der Waals surface area contributed by atoms with Crippen molar-refractivity contribution in [2.45, 2.75) is 50.7 Å². The highest BCUT2D eigenvalue weighted by atomic mass is 19.4. The van der Waals surface area contributed by atoms with Crippen LogP contribution in [0.2, 0.25) is 0 Å². The van der Waals surface area contributed by atoms with E-state index in [1.807, 2.05) is 19.3 Å². The lowest BCUT2D eigenvalue weighted by Crippen LogP contribution is -2.43. The number of alkyl halides is 3. The minimum Gasteiger partial charge on any atom is -0.489 e. The van der Waals surface area contributed by atoms with E-state index >= 15 is 0 Å². The fourth-order valence-electron chi connectivity index (χ4n) is 3.94. The van der Waals surface area contributed by atoms with Crippen LogP contribution in [0.3, 0.4) is 0 Å². The van der Waals surface area contributed by atoms with Gasteiger partial charge in [-0.25, -0.2) is 9.97 Å². The van der Waals surface area contributed by atoms with E-state index in [-0.39, 0.29) is 12.1 Å². The van der Waals surface area contributed by atoms with Crippen molar-refractivity contribution in [3.05, 3.63) is 36.3 Å². The normalized spacial score (nSPS) is 23.4. The molecule has 1 fully saturated rings. The summed E-state index contributed by atoms with van der Waals surface area (Å²) in [5.41, 5.74) is 1.03. The lowest BCUT2D eigenvalue weighted by atomic mass is 9.89. The average molecular weight is 418 g/mol. The maximum Gasteiger partial charge on any atom is 0.433 e. The van der Waals surface area contributed by atoms with Gasteiger partial charge in [0.05, 0.1) is 11.7 Å². The third kappa shape index (κ3) is 3.29. The highest BCUT2D eigenvalue weighted by molar-refractivity contribution is 5.89. The Morgan fingerprint density at radius 3 is 2.67 bits per heavy atom. The molecule has 2 aliphatic rings. The molecular formula is C20H21F3N6O. The molecule has 0 aromatic carbocycles. The molecule has 4 heterocycles. The van der Waals surface area contributed by atoms with Crippen molar-refractivity contribution in [3.8, 4) is 5.75 Å². The predicted molar refractivity (Wildman–Crippen MR) is 106 cm³/mol. The highest BCUT2D eigenvalue weighted by Crippen LogP contribution is 2.34. The number of halogens is 3. The SMILES string of the molecule is C[C@H]1Cn2ccc3nc(N[C@H]4C[C@H](Oc5ccc(C(F)(F)F)nc5)C4)nc(c32)N1C. The van der Waals surface area contributed by atoms with Gasteiger partial charge in [0.15, 0.2) is 5.82 Å². The molecule has 30 heavy (non-hydrogen) atoms. The Morgan fingerprint density at radius 2 is 1.97 bits per heavy atom. The van der Waals surface area contributed by atoms with Crippen LogP contribution in [0.1, 0.15) is 25.5 Å². The first-order chi connectivity index (χ1) is 14.3.